The van der Waals surface area contributed by atoms with Crippen molar-refractivity contribution in [1.29, 1.82) is 5.41 Å². The molecule has 4 aliphatic rings. The zero-order valence-corrected chi connectivity index (χ0v) is 21.5. The van der Waals surface area contributed by atoms with Crippen LogP contribution in [-0.4, -0.2) is 88.3 Å². The molecule has 1 amide bonds. The first kappa shape index (κ1) is 27.4. The Morgan fingerprint density at radius 1 is 1.26 bits per heavy atom. The second-order valence-corrected chi connectivity index (χ2v) is 11.3. The van der Waals surface area contributed by atoms with Crippen molar-refractivity contribution in [2.24, 2.45) is 29.4 Å². The molecule has 0 spiro atoms. The summed E-state index contributed by atoms with van der Waals surface area (Å²) < 4.78 is 43.6. The summed E-state index contributed by atoms with van der Waals surface area (Å²) in [6.07, 6.45) is -5.08. The fraction of sp³-hybridized carbons (Fsp3) is 0.577. The van der Waals surface area contributed by atoms with Crippen LogP contribution in [0.4, 0.5) is 13.2 Å². The molecule has 1 aromatic rings. The second kappa shape index (κ2) is 8.67. The van der Waals surface area contributed by atoms with E-state index in [9.17, 15) is 42.6 Å². The molecule has 1 heterocycles. The van der Waals surface area contributed by atoms with Gasteiger partial charge in [0.1, 0.15) is 11.7 Å². The predicted molar refractivity (Wildman–Crippen MR) is 129 cm³/mol. The number of alkyl halides is 3. The fourth-order valence-corrected chi connectivity index (χ4v) is 7.27. The van der Waals surface area contributed by atoms with Gasteiger partial charge in [0.2, 0.25) is 5.91 Å². The van der Waals surface area contributed by atoms with E-state index in [1.165, 1.54) is 19.0 Å². The summed E-state index contributed by atoms with van der Waals surface area (Å²) in [5, 5.41) is 30.9. The number of nitrogens with two attached hydrogens (primary N) is 1. The molecule has 210 valence electrons. The molecular weight excluding hydrogens is 521 g/mol. The molecule has 13 heteroatoms. The Labute approximate surface area is 221 Å². The number of primary amides is 1. The lowest BCUT2D eigenvalue weighted by Gasteiger charge is -2.53. The minimum Gasteiger partial charge on any atom is -0.507 e. The van der Waals surface area contributed by atoms with Crippen molar-refractivity contribution in [3.05, 3.63) is 28.3 Å². The van der Waals surface area contributed by atoms with Gasteiger partial charge in [-0.3, -0.25) is 29.0 Å². The van der Waals surface area contributed by atoms with Gasteiger partial charge in [-0.2, -0.15) is 13.2 Å². The molecule has 2 saturated carbocycles. The first-order chi connectivity index (χ1) is 18.0. The van der Waals surface area contributed by atoms with Crippen LogP contribution in [-0.2, 0) is 27.0 Å². The smallest absolute Gasteiger partial charge is 0.417 e. The van der Waals surface area contributed by atoms with Gasteiger partial charge in [0, 0.05) is 18.5 Å². The first-order valence-electron chi connectivity index (χ1n) is 12.6. The lowest BCUT2D eigenvalue weighted by atomic mass is 9.52. The number of nitrogens with zero attached hydrogens (tertiary/aromatic N) is 2. The van der Waals surface area contributed by atoms with Crippen molar-refractivity contribution < 1.29 is 42.6 Å². The van der Waals surface area contributed by atoms with Crippen LogP contribution in [0.2, 0.25) is 0 Å². The van der Waals surface area contributed by atoms with E-state index in [1.807, 2.05) is 0 Å². The van der Waals surface area contributed by atoms with Crippen LogP contribution >= 0.6 is 0 Å². The standard InChI is InChI=1S/C26H29F3N4O6/c1-32(2)19-12-7-9-6-11-16(14(34)8-10(13-4-5-33(13)3)18(11)26(27,28)29)20(35)15(9)23(37)25(12,39)22(30)17(21(19)36)24(31)38/h8-9,12-13,15,17,19,30,34,39H,4-7H2,1-3H3,(H2,31,38). The van der Waals surface area contributed by atoms with Gasteiger partial charge in [-0.15, -0.1) is 0 Å². The summed E-state index contributed by atoms with van der Waals surface area (Å²) in [6, 6.07) is -0.935. The largest absolute Gasteiger partial charge is 0.507 e. The third kappa shape index (κ3) is 3.62. The van der Waals surface area contributed by atoms with Gasteiger partial charge in [0.15, 0.2) is 23.0 Å². The minimum atomic E-state index is -4.86. The number of amides is 1. The zero-order valence-electron chi connectivity index (χ0n) is 21.5. The van der Waals surface area contributed by atoms with Crippen LogP contribution in [0.3, 0.4) is 0 Å². The average Bonchev–Trinajstić information content (AvgIpc) is 2.78. The summed E-state index contributed by atoms with van der Waals surface area (Å²) in [7, 11) is 4.59. The topological polar surface area (TPSA) is 165 Å². The van der Waals surface area contributed by atoms with E-state index >= 15 is 0 Å². The van der Waals surface area contributed by atoms with Crippen LogP contribution in [0.25, 0.3) is 0 Å². The number of aliphatic hydroxyl groups is 1. The quantitative estimate of drug-likeness (QED) is 0.400. The zero-order chi connectivity index (χ0) is 28.9. The lowest BCUT2D eigenvalue weighted by molar-refractivity contribution is -0.157. The van der Waals surface area contributed by atoms with Gasteiger partial charge in [0.25, 0.3) is 0 Å². The summed E-state index contributed by atoms with van der Waals surface area (Å²) >= 11 is 0. The van der Waals surface area contributed by atoms with E-state index in [4.69, 9.17) is 11.1 Å². The normalized spacial score (nSPS) is 34.9. The summed E-state index contributed by atoms with van der Waals surface area (Å²) in [6.45, 7) is 0.566. The Morgan fingerprint density at radius 3 is 2.38 bits per heavy atom. The molecular formula is C26H29F3N4O6. The number of benzene rings is 1. The van der Waals surface area contributed by atoms with E-state index in [0.717, 1.165) is 6.07 Å². The molecule has 1 aromatic carbocycles. The number of carbonyl (C=O) groups excluding carboxylic acids is 4. The van der Waals surface area contributed by atoms with E-state index in [0.29, 0.717) is 13.0 Å². The average molecular weight is 551 g/mol. The maximum absolute atomic E-state index is 14.5. The molecule has 39 heavy (non-hydrogen) atoms. The molecule has 1 aliphatic heterocycles. The Hall–Kier alpha value is -3.16. The third-order valence-electron chi connectivity index (χ3n) is 9.09. The number of ketones is 3. The van der Waals surface area contributed by atoms with E-state index in [1.54, 1.807) is 11.9 Å². The number of phenols is 1. The maximum Gasteiger partial charge on any atom is 0.417 e. The number of aromatic hydroxyl groups is 1. The number of Topliss-reactive ketones (excluding diaryl/α,β-unsaturated/α-hetero) is 3. The highest BCUT2D eigenvalue weighted by Crippen LogP contribution is 2.54. The molecule has 5 N–H and O–H groups in total. The Kier molecular flexibility index (Phi) is 6.09. The molecule has 0 aromatic heterocycles. The molecule has 1 saturated heterocycles. The number of hydrogen-bond acceptors (Lipinski definition) is 9. The van der Waals surface area contributed by atoms with Gasteiger partial charge in [-0.1, -0.05) is 0 Å². The summed E-state index contributed by atoms with van der Waals surface area (Å²) in [4.78, 5) is 55.9. The molecule has 0 radical (unpaired) electrons. The second-order valence-electron chi connectivity index (χ2n) is 11.3. The highest BCUT2D eigenvalue weighted by molar-refractivity contribution is 6.33. The van der Waals surface area contributed by atoms with Crippen molar-refractivity contribution in [2.45, 2.75) is 43.1 Å². The van der Waals surface area contributed by atoms with E-state index in [-0.39, 0.29) is 12.0 Å². The van der Waals surface area contributed by atoms with Gasteiger partial charge in [-0.25, -0.2) is 0 Å². The van der Waals surface area contributed by atoms with E-state index < -0.39 is 105 Å². The van der Waals surface area contributed by atoms with Gasteiger partial charge in [0.05, 0.1) is 28.8 Å². The van der Waals surface area contributed by atoms with Crippen molar-refractivity contribution in [3.8, 4) is 5.75 Å². The number of rotatable bonds is 3. The molecule has 7 atom stereocenters. The molecule has 3 aliphatic carbocycles. The number of carbonyl (C=O) groups is 4. The fourth-order valence-electron chi connectivity index (χ4n) is 7.27. The number of fused-ring (bicyclic) bond motifs is 3. The van der Waals surface area contributed by atoms with Crippen LogP contribution in [0.1, 0.15) is 45.9 Å². The number of nitrogens with one attached hydrogen (secondary N) is 1. The van der Waals surface area contributed by atoms with Crippen molar-refractivity contribution in [2.75, 3.05) is 27.7 Å². The monoisotopic (exact) mass is 550 g/mol. The van der Waals surface area contributed by atoms with Crippen LogP contribution < -0.4 is 5.73 Å². The first-order valence-corrected chi connectivity index (χ1v) is 12.6. The molecule has 3 fully saturated rings. The number of halogens is 3. The predicted octanol–water partition coefficient (Wildman–Crippen LogP) is 0.713. The van der Waals surface area contributed by atoms with Crippen molar-refractivity contribution in [3.63, 3.8) is 0 Å². The Bertz CT molecular complexity index is 1340. The SMILES string of the molecule is CN(C)C1C(=O)C(C(N)=O)C(=N)C2(O)C(=O)C3C(=O)c4c(O)cc(C5CCN5C)c(C(F)(F)F)c4CC3CC12. The van der Waals surface area contributed by atoms with Crippen molar-refractivity contribution in [1.82, 2.24) is 9.80 Å². The molecule has 7 unspecified atom stereocenters. The van der Waals surface area contributed by atoms with Crippen LogP contribution in [0.5, 0.6) is 5.75 Å². The molecule has 0 bridgehead atoms. The van der Waals surface area contributed by atoms with Crippen molar-refractivity contribution >= 4 is 29.0 Å². The summed E-state index contributed by atoms with van der Waals surface area (Å²) in [5.41, 5.74) is -0.501. The number of likely N-dealkylation sites (tertiary alicyclic amines) is 1. The number of phenolic OH excluding ortho intramolecular Hbond substituents is 1. The lowest BCUT2D eigenvalue weighted by Crippen LogP contribution is -2.73. The maximum atomic E-state index is 14.5. The van der Waals surface area contributed by atoms with Crippen LogP contribution in [0.15, 0.2) is 6.07 Å². The molecule has 5 rings (SSSR count). The third-order valence-corrected chi connectivity index (χ3v) is 9.09. The van der Waals surface area contributed by atoms with E-state index in [2.05, 4.69) is 0 Å². The highest BCUT2D eigenvalue weighted by atomic mass is 19.4. The minimum absolute atomic E-state index is 0.150. The summed E-state index contributed by atoms with van der Waals surface area (Å²) in [5.74, 6) is -10.9. The van der Waals surface area contributed by atoms with Gasteiger partial charge < -0.3 is 21.4 Å². The number of likely N-dealkylation sites (N-methyl/N-ethyl adjacent to an activating group) is 1. The number of hydrogen-bond donors (Lipinski definition) is 4. The molecule has 10 nitrogen and oxygen atoms in total. The van der Waals surface area contributed by atoms with Crippen LogP contribution in [0, 0.1) is 29.1 Å². The Morgan fingerprint density at radius 2 is 1.90 bits per heavy atom. The highest BCUT2D eigenvalue weighted by Gasteiger charge is 2.68. The van der Waals surface area contributed by atoms with Gasteiger partial charge >= 0.3 is 6.18 Å². The van der Waals surface area contributed by atoms with Gasteiger partial charge in [-0.05, 0) is 63.5 Å². The Balaban J connectivity index is 1.68.